The van der Waals surface area contributed by atoms with Crippen molar-refractivity contribution in [3.05, 3.63) is 52.1 Å². The molecule has 0 aliphatic heterocycles. The Balaban J connectivity index is 1.76. The van der Waals surface area contributed by atoms with Crippen LogP contribution in [-0.4, -0.2) is 209 Å². The predicted octanol–water partition coefficient (Wildman–Crippen LogP) is -6.84. The van der Waals surface area contributed by atoms with Crippen LogP contribution in [0.25, 0.3) is 11.2 Å². The van der Waals surface area contributed by atoms with Gasteiger partial charge in [0.15, 0.2) is 28.5 Å². The normalized spacial score (nSPS) is 16.2. The third-order valence-corrected chi connectivity index (χ3v) is 12.1. The van der Waals surface area contributed by atoms with Crippen LogP contribution in [0.2, 0.25) is 0 Å². The second-order valence-corrected chi connectivity index (χ2v) is 17.7. The van der Waals surface area contributed by atoms with Crippen molar-refractivity contribution >= 4 is 88.4 Å². The predicted molar refractivity (Wildman–Crippen MR) is 260 cm³/mol. The Morgan fingerprint density at radius 1 is 0.724 bits per heavy atom. The van der Waals surface area contributed by atoms with E-state index in [9.17, 15) is 104 Å². The molecule has 31 nitrogen and oxygen atoms in total. The van der Waals surface area contributed by atoms with E-state index in [-0.39, 0.29) is 35.0 Å². The van der Waals surface area contributed by atoms with E-state index >= 15 is 0 Å². The van der Waals surface area contributed by atoms with Gasteiger partial charge in [0.05, 0.1) is 68.0 Å². The molecule has 3 aromatic rings. The number of nitrogen functional groups attached to an aromatic ring is 1. The van der Waals surface area contributed by atoms with E-state index in [2.05, 4.69) is 43.2 Å². The molecular formula is C44H60N10O21S. The average molecular weight is 1100 g/mol. The Bertz CT molecular complexity index is 2610. The number of carboxylic acids is 3. The summed E-state index contributed by atoms with van der Waals surface area (Å²) >= 11 is 3.84. The first kappa shape index (κ1) is 63.2. The minimum atomic E-state index is -2.54. The van der Waals surface area contributed by atoms with Gasteiger partial charge in [0.1, 0.15) is 42.6 Å². The number of anilines is 2. The molecule has 0 bridgehead atoms. The van der Waals surface area contributed by atoms with Gasteiger partial charge in [-0.15, -0.1) is 0 Å². The van der Waals surface area contributed by atoms with Crippen LogP contribution in [0.1, 0.15) is 54.6 Å². The quantitative estimate of drug-likeness (QED) is 0.0195. The maximum atomic E-state index is 13.9. The highest BCUT2D eigenvalue weighted by atomic mass is 32.1. The van der Waals surface area contributed by atoms with Gasteiger partial charge >= 0.3 is 17.9 Å². The first-order chi connectivity index (χ1) is 35.7. The number of aromatic amines is 1. The van der Waals surface area contributed by atoms with E-state index in [4.69, 9.17) is 11.5 Å². The number of nitrogens with one attached hydrogen (secondary N) is 5. The maximum absolute atomic E-state index is 13.9. The molecule has 0 aliphatic rings. The molecule has 0 radical (unpaired) electrons. The number of aliphatic hydroxyl groups is 8. The highest BCUT2D eigenvalue weighted by Gasteiger charge is 2.42. The van der Waals surface area contributed by atoms with Crippen molar-refractivity contribution in [2.45, 2.75) is 99.8 Å². The summed E-state index contributed by atoms with van der Waals surface area (Å²) in [5, 5.41) is 120. The standard InChI is InChI=1S/C44H60N10O21S/c45-23(40(70)51-24(10-31(63)64)26(58)8-19(16-76)43(74)75)13-49-39(69)22(34(65)35(66)28(60)14-55)9-27(59)32(37(68)36(67)29(61)15-56)52-30(62)6-3-18(42(72)73)7-25(57)17-1-4-20(5-2-17)47-11-21-12-48-38-33(50-21)41(71)54-44(46)53-38/h1-2,4-5,12,18-19,22-24,28-29,32,34-37,47,55-56,60-61,65-68,76H,3,6-11,13-16,45H2,(H,49,69)(H,51,70)(H,52,62)(H,63,64)(H,72,73)(H,74,75)(H3,46,48,53,54,71)/t18-,19-,22-,23-,24-,28+,29+,32+,34+,35+,36+,37+/m0/s1. The third kappa shape index (κ3) is 18.6. The van der Waals surface area contributed by atoms with E-state index in [0.717, 1.165) is 0 Å². The highest BCUT2D eigenvalue weighted by molar-refractivity contribution is 7.80. The number of nitrogens with two attached hydrogens (primary N) is 2. The van der Waals surface area contributed by atoms with Crippen LogP contribution in [0.3, 0.4) is 0 Å². The van der Waals surface area contributed by atoms with Gasteiger partial charge in [0.25, 0.3) is 5.56 Å². The number of aromatic nitrogens is 4. The molecule has 20 N–H and O–H groups in total. The fourth-order valence-corrected chi connectivity index (χ4v) is 7.44. The minimum absolute atomic E-state index is 0.0311. The van der Waals surface area contributed by atoms with Crippen molar-refractivity contribution in [1.82, 2.24) is 35.9 Å². The van der Waals surface area contributed by atoms with Crippen molar-refractivity contribution in [2.75, 3.05) is 36.6 Å². The number of thiol groups is 1. The number of hydrogen-bond acceptors (Lipinski definition) is 25. The number of aliphatic carboxylic acids is 3. The van der Waals surface area contributed by atoms with Crippen molar-refractivity contribution < 1.29 is 99.3 Å². The van der Waals surface area contributed by atoms with E-state index in [1.54, 1.807) is 0 Å². The van der Waals surface area contributed by atoms with Crippen LogP contribution >= 0.6 is 12.6 Å². The van der Waals surface area contributed by atoms with Crippen LogP contribution < -0.4 is 38.3 Å². The van der Waals surface area contributed by atoms with Crippen LogP contribution in [0, 0.1) is 17.8 Å². The Hall–Kier alpha value is -7.14. The molecule has 3 amide bonds. The first-order valence-electron chi connectivity index (χ1n) is 22.9. The summed E-state index contributed by atoms with van der Waals surface area (Å²) in [6.45, 7) is -3.30. The first-order valence-corrected chi connectivity index (χ1v) is 23.5. The Morgan fingerprint density at radius 3 is 1.89 bits per heavy atom. The molecule has 0 fully saturated rings. The number of carboxylic acid groups (broad SMARTS) is 3. The van der Waals surface area contributed by atoms with Crippen LogP contribution in [-0.2, 0) is 44.9 Å². The van der Waals surface area contributed by atoms with Crippen molar-refractivity contribution in [1.29, 1.82) is 0 Å². The van der Waals surface area contributed by atoms with Gasteiger partial charge in [0, 0.05) is 49.2 Å². The number of fused-ring (bicyclic) bond motifs is 1. The molecule has 12 atom stereocenters. The van der Waals surface area contributed by atoms with E-state index in [0.29, 0.717) is 11.4 Å². The number of amides is 3. The Morgan fingerprint density at radius 2 is 1.33 bits per heavy atom. The zero-order valence-corrected chi connectivity index (χ0v) is 40.9. The van der Waals surface area contributed by atoms with Crippen molar-refractivity contribution in [2.24, 2.45) is 23.5 Å². The van der Waals surface area contributed by atoms with Crippen LogP contribution in [0.5, 0.6) is 0 Å². The van der Waals surface area contributed by atoms with E-state index in [1.807, 2.05) is 10.6 Å². The van der Waals surface area contributed by atoms with Gasteiger partial charge in [-0.3, -0.25) is 52.9 Å². The fraction of sp³-hybridized carbons (Fsp3) is 0.523. The van der Waals surface area contributed by atoms with Crippen molar-refractivity contribution in [3.63, 3.8) is 0 Å². The van der Waals surface area contributed by atoms with Gasteiger partial charge in [-0.25, -0.2) is 9.97 Å². The molecule has 0 spiro atoms. The summed E-state index contributed by atoms with van der Waals surface area (Å²) in [6, 6.07) is -0.328. The lowest BCUT2D eigenvalue weighted by atomic mass is 9.86. The number of aliphatic hydroxyl groups excluding tert-OH is 8. The number of H-pyrrole nitrogens is 1. The fourth-order valence-electron chi connectivity index (χ4n) is 7.15. The minimum Gasteiger partial charge on any atom is -0.481 e. The number of Topliss-reactive ketones (excluding diaryl/α,β-unsaturated/α-hetero) is 3. The second-order valence-electron chi connectivity index (χ2n) is 17.3. The molecule has 2 heterocycles. The van der Waals surface area contributed by atoms with Gasteiger partial charge in [0.2, 0.25) is 23.7 Å². The molecule has 418 valence electrons. The maximum Gasteiger partial charge on any atom is 0.307 e. The molecule has 1 aromatic carbocycles. The number of carbonyl (C=O) groups excluding carboxylic acids is 6. The van der Waals surface area contributed by atoms with Crippen molar-refractivity contribution in [3.8, 4) is 0 Å². The molecule has 32 heteroatoms. The number of hydrogen-bond donors (Lipinski definition) is 19. The lowest BCUT2D eigenvalue weighted by molar-refractivity contribution is -0.147. The molecule has 2 aromatic heterocycles. The molecule has 0 saturated heterocycles. The van der Waals surface area contributed by atoms with Gasteiger partial charge in [-0.05, 0) is 30.7 Å². The van der Waals surface area contributed by atoms with Gasteiger partial charge < -0.3 is 88.9 Å². The summed E-state index contributed by atoms with van der Waals surface area (Å²) in [4.78, 5) is 142. The number of benzene rings is 1. The molecule has 76 heavy (non-hydrogen) atoms. The molecule has 0 aliphatic carbocycles. The lowest BCUT2D eigenvalue weighted by Crippen LogP contribution is -2.58. The van der Waals surface area contributed by atoms with Gasteiger partial charge in [-0.1, -0.05) is 0 Å². The number of ketones is 3. The number of carbonyl (C=O) groups is 9. The SMILES string of the molecule is Nc1nc2ncc(CNc3ccc(C(=O)C[C@H](CCC(=O)N[C@H](C(=O)C[C@H](C(=O)NC[C@H](N)C(=O)N[C@@H](CC(=O)O)C(=O)C[C@@H](CS)C(=O)O)[C@@H](O)[C@H](O)[C@H](O)CO)[C@@H](O)[C@H](O)[C@H](O)CO)C(=O)O)cc3)nc2c(=O)[nH]1. The topological polar surface area (TPSA) is 548 Å². The summed E-state index contributed by atoms with van der Waals surface area (Å²) in [5.41, 5.74) is 11.6. The number of rotatable bonds is 34. The summed E-state index contributed by atoms with van der Waals surface area (Å²) < 4.78 is 0. The Kier molecular flexibility index (Phi) is 24.8. The zero-order valence-electron chi connectivity index (χ0n) is 40.0. The summed E-state index contributed by atoms with van der Waals surface area (Å²) in [5.74, 6) is -17.4. The van der Waals surface area contributed by atoms with E-state index < -0.39 is 189 Å². The van der Waals surface area contributed by atoms with E-state index in [1.165, 1.54) is 30.5 Å². The van der Waals surface area contributed by atoms with Gasteiger partial charge in [-0.2, -0.15) is 17.6 Å². The highest BCUT2D eigenvalue weighted by Crippen LogP contribution is 2.22. The summed E-state index contributed by atoms with van der Waals surface area (Å²) in [7, 11) is 0. The zero-order chi connectivity index (χ0) is 57.1. The van der Waals surface area contributed by atoms with Crippen LogP contribution in [0.15, 0.2) is 35.3 Å². The monoisotopic (exact) mass is 1100 g/mol. The van der Waals surface area contributed by atoms with Crippen LogP contribution in [0.4, 0.5) is 11.6 Å². The molecule has 0 saturated carbocycles. The number of nitrogens with zero attached hydrogens (tertiary/aromatic N) is 3. The third-order valence-electron chi connectivity index (χ3n) is 11.6. The molecular weight excluding hydrogens is 1040 g/mol. The molecule has 3 rings (SSSR count). The molecule has 0 unspecified atom stereocenters. The lowest BCUT2D eigenvalue weighted by Gasteiger charge is -2.32. The average Bonchev–Trinajstić information content (AvgIpc) is 3.38. The second kappa shape index (κ2) is 29.8. The largest absolute Gasteiger partial charge is 0.481 e. The Labute approximate surface area is 434 Å². The summed E-state index contributed by atoms with van der Waals surface area (Å²) in [6.07, 6.45) is -18.1. The smallest absolute Gasteiger partial charge is 0.307 e.